The largest absolute Gasteiger partial charge is 0.481 e. The molecule has 0 aliphatic carbocycles. The molecule has 1 aliphatic heterocycles. The maximum Gasteiger partial charge on any atom is 0.393 e. The number of carboxylic acid groups (broad SMARTS) is 1. The predicted octanol–water partition coefficient (Wildman–Crippen LogP) is 4.11. The van der Waals surface area contributed by atoms with Gasteiger partial charge < -0.3 is 9.84 Å². The first-order valence-corrected chi connectivity index (χ1v) is 6.78. The number of nitrogens with zero attached hydrogens (tertiary/aromatic N) is 1. The van der Waals surface area contributed by atoms with Crippen molar-refractivity contribution in [2.75, 3.05) is 13.2 Å². The van der Waals surface area contributed by atoms with Crippen molar-refractivity contribution in [1.82, 2.24) is 4.90 Å². The van der Waals surface area contributed by atoms with Crippen molar-refractivity contribution in [1.29, 1.82) is 0 Å². The highest BCUT2D eigenvalue weighted by atomic mass is 19.4. The second-order valence-electron chi connectivity index (χ2n) is 5.58. The molecule has 0 aromatic heterocycles. The van der Waals surface area contributed by atoms with Gasteiger partial charge in [0.05, 0.1) is 13.0 Å². The first-order chi connectivity index (χ1) is 12.5. The van der Waals surface area contributed by atoms with Crippen molar-refractivity contribution in [3.05, 3.63) is 0 Å². The van der Waals surface area contributed by atoms with E-state index >= 15 is 0 Å². The molecule has 0 spiro atoms. The van der Waals surface area contributed by atoms with Crippen molar-refractivity contribution >= 4 is 5.97 Å². The van der Waals surface area contributed by atoms with Crippen LogP contribution >= 0.6 is 0 Å². The summed E-state index contributed by atoms with van der Waals surface area (Å²) in [5.74, 6) is -31.1. The number of likely N-dealkylation sites (tertiary alicyclic amines) is 1. The zero-order chi connectivity index (χ0) is 23.5. The van der Waals surface area contributed by atoms with Gasteiger partial charge in [0.2, 0.25) is 0 Å². The average molecular weight is 467 g/mol. The fourth-order valence-corrected chi connectivity index (χ4v) is 2.00. The smallest absolute Gasteiger partial charge is 0.393 e. The molecule has 0 radical (unpaired) electrons. The van der Waals surface area contributed by atoms with E-state index in [2.05, 4.69) is 4.74 Å². The van der Waals surface area contributed by atoms with Gasteiger partial charge in [-0.25, -0.2) is 0 Å². The van der Waals surface area contributed by atoms with Gasteiger partial charge in [-0.05, 0) is 0 Å². The lowest BCUT2D eigenvalue weighted by Crippen LogP contribution is -2.85. The molecule has 1 aliphatic rings. The third-order valence-corrected chi connectivity index (χ3v) is 3.57. The molecule has 0 bridgehead atoms. The average Bonchev–Trinajstić information content (AvgIpc) is 2.48. The van der Waals surface area contributed by atoms with Crippen LogP contribution in [-0.2, 0) is 9.53 Å². The third kappa shape index (κ3) is 3.27. The Bertz CT molecular complexity index is 619. The summed E-state index contributed by atoms with van der Waals surface area (Å²) in [4.78, 5) is 6.10. The molecule has 0 amide bonds. The van der Waals surface area contributed by atoms with Gasteiger partial charge in [-0.2, -0.15) is 61.5 Å². The Morgan fingerprint density at radius 3 is 1.52 bits per heavy atom. The summed E-state index contributed by atoms with van der Waals surface area (Å²) in [6, 6.07) is -22.5. The number of halogens is 14. The van der Waals surface area contributed by atoms with Gasteiger partial charge >= 0.3 is 47.8 Å². The van der Waals surface area contributed by atoms with Crippen LogP contribution in [0, 0.1) is 0 Å². The molecule has 0 unspecified atom stereocenters. The van der Waals surface area contributed by atoms with Gasteiger partial charge in [-0.1, -0.05) is 0 Å². The highest BCUT2D eigenvalue weighted by Crippen LogP contribution is 2.67. The molecule has 1 saturated heterocycles. The summed E-state index contributed by atoms with van der Waals surface area (Å²) in [6.07, 6.45) is -1.17. The highest BCUT2D eigenvalue weighted by molar-refractivity contribution is 5.66. The number of hydrogen-bond acceptors (Lipinski definition) is 3. The molecule has 18 heteroatoms. The number of piperidine rings is 1. The van der Waals surface area contributed by atoms with Crippen molar-refractivity contribution in [2.45, 2.75) is 48.3 Å². The van der Waals surface area contributed by atoms with Crippen LogP contribution in [-0.4, -0.2) is 71.0 Å². The molecular formula is C11H7F14NO3. The van der Waals surface area contributed by atoms with Crippen LogP contribution < -0.4 is 0 Å². The molecule has 4 nitrogen and oxygen atoms in total. The summed E-state index contributed by atoms with van der Waals surface area (Å²) >= 11 is 0. The van der Waals surface area contributed by atoms with E-state index < -0.39 is 72.3 Å². The molecular weight excluding hydrogens is 460 g/mol. The van der Waals surface area contributed by atoms with Crippen LogP contribution in [0.4, 0.5) is 61.5 Å². The molecule has 0 saturated carbocycles. The monoisotopic (exact) mass is 467 g/mol. The first kappa shape index (κ1) is 25.4. The van der Waals surface area contributed by atoms with Gasteiger partial charge in [0.1, 0.15) is 6.61 Å². The first-order valence-electron chi connectivity index (χ1n) is 6.78. The number of ether oxygens (including phenoxy) is 1. The minimum atomic E-state index is -7.66. The topological polar surface area (TPSA) is 49.8 Å². The van der Waals surface area contributed by atoms with Crippen molar-refractivity contribution < 1.29 is 76.1 Å². The van der Waals surface area contributed by atoms with Crippen LogP contribution in [0.25, 0.3) is 0 Å². The number of carboxylic acids is 1. The Hall–Kier alpha value is -1.59. The summed E-state index contributed by atoms with van der Waals surface area (Å²) in [5.41, 5.74) is 0. The van der Waals surface area contributed by atoms with E-state index in [1.807, 2.05) is 0 Å². The quantitative estimate of drug-likeness (QED) is 0.348. The minimum Gasteiger partial charge on any atom is -0.481 e. The van der Waals surface area contributed by atoms with Crippen LogP contribution in [0.15, 0.2) is 0 Å². The molecule has 1 fully saturated rings. The van der Waals surface area contributed by atoms with E-state index in [0.29, 0.717) is 0 Å². The van der Waals surface area contributed by atoms with E-state index in [-0.39, 0.29) is 0 Å². The fourth-order valence-electron chi connectivity index (χ4n) is 2.00. The molecule has 0 aromatic carbocycles. The van der Waals surface area contributed by atoms with E-state index in [1.165, 1.54) is 0 Å². The Labute approximate surface area is 150 Å². The standard InChI is InChI=1S/C11H7F14NO3/c12-5(13,3-29-2-1-4(27)28)9(20,21)26-10(22,23)7(16,17)6(14,15)8(18,19)11(26,24)25/h1-3H2,(H,27,28). The summed E-state index contributed by atoms with van der Waals surface area (Å²) in [5, 5.41) is 8.15. The normalized spacial score (nSPS) is 25.6. The SMILES string of the molecule is O=C(O)CCOCC(F)(F)C(F)(F)N1C(F)(F)C(F)(F)C(F)(F)C(F)(F)C1(F)F. The van der Waals surface area contributed by atoms with Crippen LogP contribution in [0.5, 0.6) is 0 Å². The lowest BCUT2D eigenvalue weighted by Gasteiger charge is -2.53. The van der Waals surface area contributed by atoms with Gasteiger partial charge in [-0.3, -0.25) is 4.79 Å². The van der Waals surface area contributed by atoms with Gasteiger partial charge in [0, 0.05) is 0 Å². The van der Waals surface area contributed by atoms with Crippen LogP contribution in [0.1, 0.15) is 6.42 Å². The molecule has 0 atom stereocenters. The molecule has 1 rings (SSSR count). The summed E-state index contributed by atoms with van der Waals surface area (Å²) in [6.45, 7) is -4.25. The Kier molecular flexibility index (Phi) is 5.89. The second-order valence-corrected chi connectivity index (χ2v) is 5.58. The second kappa shape index (κ2) is 6.71. The lowest BCUT2D eigenvalue weighted by atomic mass is 9.92. The van der Waals surface area contributed by atoms with Crippen LogP contribution in [0.2, 0.25) is 0 Å². The van der Waals surface area contributed by atoms with Crippen molar-refractivity contribution in [3.8, 4) is 0 Å². The maximum atomic E-state index is 13.7. The number of hydrogen-bond donors (Lipinski definition) is 1. The Morgan fingerprint density at radius 1 is 0.793 bits per heavy atom. The number of aliphatic carboxylic acids is 1. The minimum absolute atomic E-state index is 1.17. The summed E-state index contributed by atoms with van der Waals surface area (Å²) in [7, 11) is 0. The van der Waals surface area contributed by atoms with Gasteiger partial charge in [0.25, 0.3) is 0 Å². The number of carbonyl (C=O) groups is 1. The van der Waals surface area contributed by atoms with Gasteiger partial charge in [0.15, 0.2) is 0 Å². The Balaban J connectivity index is 3.49. The summed E-state index contributed by atoms with van der Waals surface area (Å²) < 4.78 is 190. The van der Waals surface area contributed by atoms with E-state index in [0.717, 1.165) is 0 Å². The van der Waals surface area contributed by atoms with Crippen molar-refractivity contribution in [3.63, 3.8) is 0 Å². The predicted molar refractivity (Wildman–Crippen MR) is 59.5 cm³/mol. The molecule has 1 heterocycles. The maximum absolute atomic E-state index is 13.7. The molecule has 1 N–H and O–H groups in total. The van der Waals surface area contributed by atoms with Crippen molar-refractivity contribution in [2.24, 2.45) is 0 Å². The zero-order valence-corrected chi connectivity index (χ0v) is 13.1. The van der Waals surface area contributed by atoms with E-state index in [9.17, 15) is 66.3 Å². The number of rotatable bonds is 7. The van der Waals surface area contributed by atoms with E-state index in [1.54, 1.807) is 0 Å². The zero-order valence-electron chi connectivity index (χ0n) is 13.1. The van der Waals surface area contributed by atoms with E-state index in [4.69, 9.17) is 5.11 Å². The van der Waals surface area contributed by atoms with Gasteiger partial charge in [-0.15, -0.1) is 4.90 Å². The fraction of sp³-hybridized carbons (Fsp3) is 0.909. The third-order valence-electron chi connectivity index (χ3n) is 3.57. The Morgan fingerprint density at radius 2 is 1.17 bits per heavy atom. The lowest BCUT2D eigenvalue weighted by molar-refractivity contribution is -0.547. The number of alkyl halides is 14. The molecule has 172 valence electrons. The molecule has 29 heavy (non-hydrogen) atoms. The highest BCUT2D eigenvalue weighted by Gasteiger charge is 2.98. The molecule has 0 aromatic rings. The van der Waals surface area contributed by atoms with Crippen LogP contribution in [0.3, 0.4) is 0 Å².